The van der Waals surface area contributed by atoms with Crippen molar-refractivity contribution in [1.82, 2.24) is 4.98 Å². The molecule has 0 saturated carbocycles. The third kappa shape index (κ3) is 5.90. The molecule has 0 fully saturated rings. The van der Waals surface area contributed by atoms with E-state index in [1.807, 2.05) is 13.0 Å². The van der Waals surface area contributed by atoms with Crippen molar-refractivity contribution in [3.8, 4) is 5.75 Å². The first-order valence-corrected chi connectivity index (χ1v) is 10.7. The minimum absolute atomic E-state index is 0.142. The van der Waals surface area contributed by atoms with E-state index in [9.17, 15) is 8.42 Å². The number of benzene rings is 2. The van der Waals surface area contributed by atoms with Gasteiger partial charge in [-0.05, 0) is 79.8 Å². The van der Waals surface area contributed by atoms with Gasteiger partial charge in [0.2, 0.25) is 0 Å². The van der Waals surface area contributed by atoms with Crippen LogP contribution in [-0.4, -0.2) is 25.1 Å². The zero-order valence-electron chi connectivity index (χ0n) is 15.6. The Bertz CT molecular complexity index is 1060. The molecule has 3 N–H and O–H groups in total. The largest absolute Gasteiger partial charge is 0.494 e. The molecule has 9 heteroatoms. The number of rotatable bonds is 7. The smallest absolute Gasteiger partial charge is 0.261 e. The Morgan fingerprint density at radius 2 is 1.62 bits per heavy atom. The molecule has 29 heavy (non-hydrogen) atoms. The van der Waals surface area contributed by atoms with Gasteiger partial charge < -0.3 is 15.4 Å². The van der Waals surface area contributed by atoms with Crippen molar-refractivity contribution in [1.29, 1.82) is 0 Å². The number of sulfonamides is 1. The Morgan fingerprint density at radius 1 is 0.966 bits per heavy atom. The third-order valence-electron chi connectivity index (χ3n) is 3.76. The van der Waals surface area contributed by atoms with Gasteiger partial charge in [-0.2, -0.15) is 0 Å². The van der Waals surface area contributed by atoms with E-state index in [0.717, 1.165) is 5.69 Å². The highest BCUT2D eigenvalue weighted by Crippen LogP contribution is 2.21. The second-order valence-electron chi connectivity index (χ2n) is 5.91. The predicted molar refractivity (Wildman–Crippen MR) is 119 cm³/mol. The molecule has 0 radical (unpaired) electrons. The van der Waals surface area contributed by atoms with Crippen LogP contribution in [0.1, 0.15) is 6.92 Å². The summed E-state index contributed by atoms with van der Waals surface area (Å²) >= 11 is 5.25. The normalized spacial score (nSPS) is 10.8. The molecule has 0 aliphatic rings. The summed E-state index contributed by atoms with van der Waals surface area (Å²) in [5.74, 6) is 0.682. The molecule has 7 nitrogen and oxygen atoms in total. The van der Waals surface area contributed by atoms with Gasteiger partial charge >= 0.3 is 0 Å². The van der Waals surface area contributed by atoms with Gasteiger partial charge in [0.15, 0.2) is 5.11 Å². The lowest BCUT2D eigenvalue weighted by molar-refractivity contribution is 0.340. The number of pyridine rings is 1. The summed E-state index contributed by atoms with van der Waals surface area (Å²) in [4.78, 5) is 4.14. The minimum atomic E-state index is -3.71. The molecule has 0 aliphatic carbocycles. The number of aromatic nitrogens is 1. The van der Waals surface area contributed by atoms with Crippen LogP contribution in [0, 0.1) is 0 Å². The molecule has 0 unspecified atom stereocenters. The van der Waals surface area contributed by atoms with Crippen LogP contribution < -0.4 is 20.1 Å². The van der Waals surface area contributed by atoms with Gasteiger partial charge in [0.1, 0.15) is 5.75 Å². The fourth-order valence-electron chi connectivity index (χ4n) is 2.45. The number of anilines is 3. The molecule has 0 bridgehead atoms. The molecule has 2 aromatic carbocycles. The first-order chi connectivity index (χ1) is 14.0. The van der Waals surface area contributed by atoms with Gasteiger partial charge in [-0.3, -0.25) is 9.71 Å². The van der Waals surface area contributed by atoms with Crippen molar-refractivity contribution in [2.45, 2.75) is 11.8 Å². The lowest BCUT2D eigenvalue weighted by Gasteiger charge is -2.12. The zero-order chi connectivity index (χ0) is 20.7. The van der Waals surface area contributed by atoms with Crippen LogP contribution in [0.5, 0.6) is 5.75 Å². The van der Waals surface area contributed by atoms with E-state index < -0.39 is 10.0 Å². The van der Waals surface area contributed by atoms with Gasteiger partial charge in [-0.15, -0.1) is 0 Å². The molecule has 150 valence electrons. The van der Waals surface area contributed by atoms with Crippen LogP contribution in [-0.2, 0) is 10.0 Å². The van der Waals surface area contributed by atoms with E-state index in [1.165, 1.54) is 12.1 Å². The number of thiocarbonyl (C=S) groups is 1. The van der Waals surface area contributed by atoms with Crippen molar-refractivity contribution in [3.63, 3.8) is 0 Å². The summed E-state index contributed by atoms with van der Waals surface area (Å²) in [7, 11) is -3.71. The molecular weight excluding hydrogens is 408 g/mol. The Kier molecular flexibility index (Phi) is 6.63. The average Bonchev–Trinajstić information content (AvgIpc) is 2.70. The van der Waals surface area contributed by atoms with Crippen LogP contribution >= 0.6 is 12.2 Å². The Hall–Kier alpha value is -3.17. The van der Waals surface area contributed by atoms with E-state index in [0.29, 0.717) is 28.8 Å². The Balaban J connectivity index is 1.62. The standard InChI is InChI=1S/C20H20N4O3S2/c1-2-27-18-9-5-16(6-10-18)24-29(25,26)19-11-7-15(8-12-19)22-20(28)23-17-4-3-13-21-14-17/h3-14,24H,2H2,1H3,(H2,22,23,28). The van der Waals surface area contributed by atoms with Gasteiger partial charge in [0.05, 0.1) is 23.4 Å². The highest BCUT2D eigenvalue weighted by Gasteiger charge is 2.14. The Labute approximate surface area is 175 Å². The number of hydrogen-bond acceptors (Lipinski definition) is 5. The van der Waals surface area contributed by atoms with Crippen molar-refractivity contribution in [2.75, 3.05) is 22.0 Å². The molecule has 0 amide bonds. The number of ether oxygens (including phenoxy) is 1. The van der Waals surface area contributed by atoms with Crippen LogP contribution in [0.2, 0.25) is 0 Å². The van der Waals surface area contributed by atoms with Crippen LogP contribution in [0.4, 0.5) is 17.1 Å². The predicted octanol–water partition coefficient (Wildman–Crippen LogP) is 4.09. The maximum atomic E-state index is 12.6. The van der Waals surface area contributed by atoms with Crippen molar-refractivity contribution < 1.29 is 13.2 Å². The van der Waals surface area contributed by atoms with E-state index >= 15 is 0 Å². The summed E-state index contributed by atoms with van der Waals surface area (Å²) in [5.41, 5.74) is 1.87. The minimum Gasteiger partial charge on any atom is -0.494 e. The molecular formula is C20H20N4O3S2. The zero-order valence-corrected chi connectivity index (χ0v) is 17.3. The van der Waals surface area contributed by atoms with E-state index in [-0.39, 0.29) is 4.90 Å². The number of hydrogen-bond donors (Lipinski definition) is 3. The summed E-state index contributed by atoms with van der Waals surface area (Å²) in [6.07, 6.45) is 3.32. The molecule has 1 heterocycles. The van der Waals surface area contributed by atoms with Crippen LogP contribution in [0.25, 0.3) is 0 Å². The van der Waals surface area contributed by atoms with Crippen LogP contribution in [0.15, 0.2) is 78.0 Å². The number of nitrogens with zero attached hydrogens (tertiary/aromatic N) is 1. The van der Waals surface area contributed by atoms with Crippen molar-refractivity contribution >= 4 is 44.4 Å². The van der Waals surface area contributed by atoms with Gasteiger partial charge in [-0.1, -0.05) is 0 Å². The molecule has 0 spiro atoms. The maximum absolute atomic E-state index is 12.6. The molecule has 3 aromatic rings. The fraction of sp³-hybridized carbons (Fsp3) is 0.100. The summed E-state index contributed by atoms with van der Waals surface area (Å²) in [5, 5.41) is 6.37. The second-order valence-corrected chi connectivity index (χ2v) is 8.00. The molecule has 3 rings (SSSR count). The summed E-state index contributed by atoms with van der Waals surface area (Å²) in [6.45, 7) is 2.43. The topological polar surface area (TPSA) is 92.3 Å². The van der Waals surface area contributed by atoms with E-state index in [2.05, 4.69) is 20.3 Å². The third-order valence-corrected chi connectivity index (χ3v) is 5.36. The molecule has 0 atom stereocenters. The monoisotopic (exact) mass is 428 g/mol. The van der Waals surface area contributed by atoms with Crippen molar-refractivity contribution in [2.24, 2.45) is 0 Å². The first-order valence-electron chi connectivity index (χ1n) is 8.80. The van der Waals surface area contributed by atoms with Gasteiger partial charge in [0.25, 0.3) is 10.0 Å². The average molecular weight is 429 g/mol. The summed E-state index contributed by atoms with van der Waals surface area (Å²) in [6, 6.07) is 16.7. The van der Waals surface area contributed by atoms with E-state index in [4.69, 9.17) is 17.0 Å². The maximum Gasteiger partial charge on any atom is 0.261 e. The van der Waals surface area contributed by atoms with Gasteiger partial charge in [0, 0.05) is 17.6 Å². The quantitative estimate of drug-likeness (QED) is 0.488. The van der Waals surface area contributed by atoms with Crippen LogP contribution in [0.3, 0.4) is 0 Å². The first kappa shape index (κ1) is 20.6. The fourth-order valence-corrected chi connectivity index (χ4v) is 3.74. The lowest BCUT2D eigenvalue weighted by Crippen LogP contribution is -2.19. The summed E-state index contributed by atoms with van der Waals surface area (Å²) < 4.78 is 33.1. The SMILES string of the molecule is CCOc1ccc(NS(=O)(=O)c2ccc(NC(=S)Nc3cccnc3)cc2)cc1. The van der Waals surface area contributed by atoms with E-state index in [1.54, 1.807) is 54.9 Å². The highest BCUT2D eigenvalue weighted by atomic mass is 32.2. The second kappa shape index (κ2) is 9.35. The van der Waals surface area contributed by atoms with Gasteiger partial charge in [-0.25, -0.2) is 8.42 Å². The lowest BCUT2D eigenvalue weighted by atomic mass is 10.3. The molecule has 0 aliphatic heterocycles. The molecule has 1 aromatic heterocycles. The molecule has 0 saturated heterocycles. The highest BCUT2D eigenvalue weighted by molar-refractivity contribution is 7.92. The Morgan fingerprint density at radius 3 is 2.24 bits per heavy atom. The van der Waals surface area contributed by atoms with Crippen molar-refractivity contribution in [3.05, 3.63) is 73.1 Å². The number of nitrogens with one attached hydrogen (secondary N) is 3.